The zero-order chi connectivity index (χ0) is 19.4. The number of carbonyl (C=O) groups is 3. The molecule has 1 saturated heterocycles. The summed E-state index contributed by atoms with van der Waals surface area (Å²) >= 11 is 6.09. The Kier molecular flexibility index (Phi) is 5.76. The van der Waals surface area contributed by atoms with Gasteiger partial charge in [-0.05, 0) is 48.9 Å². The first-order chi connectivity index (χ1) is 13.0. The SMILES string of the molecule is COC(=O)c1ccc(OCC(=O)c2ccc(N3CCCC3=O)cc2)c(Cl)c1. The molecule has 1 aliphatic heterocycles. The molecule has 6 nitrogen and oxygen atoms in total. The number of esters is 1. The number of hydrogen-bond acceptors (Lipinski definition) is 5. The number of hydrogen-bond donors (Lipinski definition) is 0. The van der Waals surface area contributed by atoms with Gasteiger partial charge in [-0.25, -0.2) is 4.79 Å². The van der Waals surface area contributed by atoms with Gasteiger partial charge in [0.1, 0.15) is 5.75 Å². The second-order valence-electron chi connectivity index (χ2n) is 6.04. The van der Waals surface area contributed by atoms with Gasteiger partial charge in [-0.3, -0.25) is 9.59 Å². The van der Waals surface area contributed by atoms with Gasteiger partial charge in [0, 0.05) is 24.2 Å². The molecule has 0 unspecified atom stereocenters. The van der Waals surface area contributed by atoms with Gasteiger partial charge in [-0.2, -0.15) is 0 Å². The van der Waals surface area contributed by atoms with Crippen molar-refractivity contribution in [3.8, 4) is 5.75 Å². The molecule has 0 aromatic heterocycles. The molecule has 0 atom stereocenters. The minimum atomic E-state index is -0.504. The number of rotatable bonds is 6. The summed E-state index contributed by atoms with van der Waals surface area (Å²) in [5, 5.41) is 0.216. The summed E-state index contributed by atoms with van der Waals surface area (Å²) in [5.41, 5.74) is 1.57. The molecule has 7 heteroatoms. The van der Waals surface area contributed by atoms with Crippen LogP contribution in [0.1, 0.15) is 33.6 Å². The molecule has 0 spiro atoms. The maximum atomic E-state index is 12.3. The lowest BCUT2D eigenvalue weighted by Crippen LogP contribution is -2.23. The fraction of sp³-hybridized carbons (Fsp3) is 0.250. The first-order valence-electron chi connectivity index (χ1n) is 8.44. The number of nitrogens with zero attached hydrogens (tertiary/aromatic N) is 1. The molecular formula is C20H18ClNO5. The van der Waals surface area contributed by atoms with Crippen molar-refractivity contribution < 1.29 is 23.9 Å². The molecular weight excluding hydrogens is 370 g/mol. The van der Waals surface area contributed by atoms with E-state index in [1.54, 1.807) is 29.2 Å². The lowest BCUT2D eigenvalue weighted by atomic mass is 10.1. The van der Waals surface area contributed by atoms with Crippen molar-refractivity contribution in [2.24, 2.45) is 0 Å². The molecule has 1 amide bonds. The molecule has 3 rings (SSSR count). The van der Waals surface area contributed by atoms with Gasteiger partial charge in [0.2, 0.25) is 5.91 Å². The second kappa shape index (κ2) is 8.22. The molecule has 1 heterocycles. The number of benzene rings is 2. The molecule has 0 bridgehead atoms. The topological polar surface area (TPSA) is 72.9 Å². The third-order valence-corrected chi connectivity index (χ3v) is 4.58. The van der Waals surface area contributed by atoms with Gasteiger partial charge < -0.3 is 14.4 Å². The average Bonchev–Trinajstić information content (AvgIpc) is 3.12. The first kappa shape index (κ1) is 18.9. The van der Waals surface area contributed by atoms with E-state index in [9.17, 15) is 14.4 Å². The Labute approximate surface area is 161 Å². The zero-order valence-electron chi connectivity index (χ0n) is 14.7. The molecule has 0 radical (unpaired) electrons. The summed E-state index contributed by atoms with van der Waals surface area (Å²) in [4.78, 5) is 37.3. The van der Waals surface area contributed by atoms with Crippen LogP contribution in [0.2, 0.25) is 5.02 Å². The number of halogens is 1. The highest BCUT2D eigenvalue weighted by atomic mass is 35.5. The van der Waals surface area contributed by atoms with Crippen molar-refractivity contribution in [1.82, 2.24) is 0 Å². The Morgan fingerprint density at radius 1 is 1.11 bits per heavy atom. The van der Waals surface area contributed by atoms with Gasteiger partial charge in [-0.15, -0.1) is 0 Å². The Morgan fingerprint density at radius 3 is 2.41 bits per heavy atom. The zero-order valence-corrected chi connectivity index (χ0v) is 15.5. The summed E-state index contributed by atoms with van der Waals surface area (Å²) < 4.78 is 10.1. The number of ether oxygens (including phenoxy) is 2. The molecule has 2 aromatic carbocycles. The molecule has 0 saturated carbocycles. The minimum absolute atomic E-state index is 0.0995. The van der Waals surface area contributed by atoms with Crippen LogP contribution >= 0.6 is 11.6 Å². The average molecular weight is 388 g/mol. The predicted molar refractivity (Wildman–Crippen MR) is 101 cm³/mol. The molecule has 1 fully saturated rings. The summed E-state index contributed by atoms with van der Waals surface area (Å²) in [7, 11) is 1.28. The largest absolute Gasteiger partial charge is 0.484 e. The smallest absolute Gasteiger partial charge is 0.337 e. The van der Waals surface area contributed by atoms with E-state index < -0.39 is 5.97 Å². The van der Waals surface area contributed by atoms with E-state index in [1.165, 1.54) is 25.3 Å². The number of methoxy groups -OCH3 is 1. The Balaban J connectivity index is 1.62. The van der Waals surface area contributed by atoms with Gasteiger partial charge in [0.15, 0.2) is 12.4 Å². The summed E-state index contributed by atoms with van der Waals surface area (Å²) in [6.07, 6.45) is 1.41. The summed E-state index contributed by atoms with van der Waals surface area (Å²) in [6.45, 7) is 0.509. The van der Waals surface area contributed by atoms with Gasteiger partial charge in [-0.1, -0.05) is 11.6 Å². The van der Waals surface area contributed by atoms with E-state index in [0.717, 1.165) is 12.1 Å². The maximum Gasteiger partial charge on any atom is 0.337 e. The third kappa shape index (κ3) is 4.28. The first-order valence-corrected chi connectivity index (χ1v) is 8.81. The summed E-state index contributed by atoms with van der Waals surface area (Å²) in [6, 6.07) is 11.3. The van der Waals surface area contributed by atoms with Crippen molar-refractivity contribution in [2.45, 2.75) is 12.8 Å². The highest BCUT2D eigenvalue weighted by Gasteiger charge is 2.21. The molecule has 140 valence electrons. The second-order valence-corrected chi connectivity index (χ2v) is 6.45. The quantitative estimate of drug-likeness (QED) is 0.560. The van der Waals surface area contributed by atoms with Crippen LogP contribution in [0, 0.1) is 0 Å². The Hall–Kier alpha value is -2.86. The molecule has 2 aromatic rings. The number of ketones is 1. The van der Waals surface area contributed by atoms with Crippen LogP contribution < -0.4 is 9.64 Å². The van der Waals surface area contributed by atoms with Crippen LogP contribution in [-0.2, 0) is 9.53 Å². The van der Waals surface area contributed by atoms with Crippen molar-refractivity contribution in [1.29, 1.82) is 0 Å². The van der Waals surface area contributed by atoms with E-state index >= 15 is 0 Å². The van der Waals surface area contributed by atoms with E-state index in [4.69, 9.17) is 16.3 Å². The fourth-order valence-corrected chi connectivity index (χ4v) is 3.07. The lowest BCUT2D eigenvalue weighted by molar-refractivity contribution is -0.117. The minimum Gasteiger partial charge on any atom is -0.484 e. The predicted octanol–water partition coefficient (Wildman–Crippen LogP) is 3.52. The number of Topliss-reactive ketones (excluding diaryl/α,β-unsaturated/α-hetero) is 1. The van der Waals surface area contributed by atoms with Crippen molar-refractivity contribution >= 4 is 34.9 Å². The third-order valence-electron chi connectivity index (χ3n) is 4.29. The molecule has 0 aliphatic carbocycles. The van der Waals surface area contributed by atoms with Crippen molar-refractivity contribution in [3.05, 3.63) is 58.6 Å². The van der Waals surface area contributed by atoms with E-state index in [-0.39, 0.29) is 23.3 Å². The number of amides is 1. The van der Waals surface area contributed by atoms with Gasteiger partial charge in [0.25, 0.3) is 0 Å². The molecule has 0 N–H and O–H groups in total. The van der Waals surface area contributed by atoms with Crippen molar-refractivity contribution in [3.63, 3.8) is 0 Å². The lowest BCUT2D eigenvalue weighted by Gasteiger charge is -2.15. The van der Waals surface area contributed by atoms with Crippen LogP contribution in [0.4, 0.5) is 5.69 Å². The van der Waals surface area contributed by atoms with E-state index in [2.05, 4.69) is 4.74 Å². The fourth-order valence-electron chi connectivity index (χ4n) is 2.84. The Bertz CT molecular complexity index is 878. The van der Waals surface area contributed by atoms with Crippen LogP contribution in [0.3, 0.4) is 0 Å². The maximum absolute atomic E-state index is 12.3. The number of anilines is 1. The van der Waals surface area contributed by atoms with Crippen LogP contribution in [0.15, 0.2) is 42.5 Å². The highest BCUT2D eigenvalue weighted by Crippen LogP contribution is 2.26. The molecule has 1 aliphatic rings. The number of carbonyl (C=O) groups excluding carboxylic acids is 3. The molecule has 27 heavy (non-hydrogen) atoms. The van der Waals surface area contributed by atoms with Crippen LogP contribution in [0.25, 0.3) is 0 Å². The van der Waals surface area contributed by atoms with Crippen LogP contribution in [-0.4, -0.2) is 37.9 Å². The monoisotopic (exact) mass is 387 g/mol. The normalized spacial score (nSPS) is 13.6. The van der Waals surface area contributed by atoms with E-state index in [1.807, 2.05) is 0 Å². The van der Waals surface area contributed by atoms with Gasteiger partial charge >= 0.3 is 5.97 Å². The highest BCUT2D eigenvalue weighted by molar-refractivity contribution is 6.32. The summed E-state index contributed by atoms with van der Waals surface area (Å²) in [5.74, 6) is -0.321. The van der Waals surface area contributed by atoms with E-state index in [0.29, 0.717) is 29.8 Å². The standard InChI is InChI=1S/C20H18ClNO5/c1-26-20(25)14-6-9-18(16(21)11-14)27-12-17(23)13-4-7-15(8-5-13)22-10-2-3-19(22)24/h4-9,11H,2-3,10,12H2,1H3. The van der Waals surface area contributed by atoms with Gasteiger partial charge in [0.05, 0.1) is 17.7 Å². The Morgan fingerprint density at radius 2 is 1.81 bits per heavy atom. The van der Waals surface area contributed by atoms with Crippen LogP contribution in [0.5, 0.6) is 5.75 Å². The van der Waals surface area contributed by atoms with Crippen molar-refractivity contribution in [2.75, 3.05) is 25.2 Å².